The van der Waals surface area contributed by atoms with E-state index in [1.54, 1.807) is 26.3 Å². The average molecular weight is 637 g/mol. The second kappa shape index (κ2) is 13.4. The Morgan fingerprint density at radius 2 is 1.98 bits per heavy atom. The van der Waals surface area contributed by atoms with Gasteiger partial charge in [0.2, 0.25) is 11.9 Å². The summed E-state index contributed by atoms with van der Waals surface area (Å²) in [4.78, 5) is 37.6. The molecule has 12 heteroatoms. The fraction of sp³-hybridized carbons (Fsp3) is 0.343. The van der Waals surface area contributed by atoms with Crippen molar-refractivity contribution in [2.24, 2.45) is 0 Å². The smallest absolute Gasteiger partial charge is 0.410 e. The van der Waals surface area contributed by atoms with Gasteiger partial charge < -0.3 is 34.5 Å². The summed E-state index contributed by atoms with van der Waals surface area (Å²) in [5, 5.41) is 17.1. The summed E-state index contributed by atoms with van der Waals surface area (Å²) in [6.07, 6.45) is 6.40. The van der Waals surface area contributed by atoms with E-state index in [0.717, 1.165) is 30.3 Å². The van der Waals surface area contributed by atoms with Crippen LogP contribution in [0.3, 0.4) is 0 Å². The van der Waals surface area contributed by atoms with Crippen LogP contribution in [0.4, 0.5) is 27.8 Å². The molecule has 1 aliphatic rings. The Balaban J connectivity index is 1.47. The highest BCUT2D eigenvalue weighted by Crippen LogP contribution is 2.39. The first-order valence-corrected chi connectivity index (χ1v) is 15.4. The molecule has 2 amide bonds. The molecular formula is C35H40N8O4. The summed E-state index contributed by atoms with van der Waals surface area (Å²) in [5.41, 5.74) is 5.22. The van der Waals surface area contributed by atoms with E-state index >= 15 is 0 Å². The van der Waals surface area contributed by atoms with E-state index in [0.29, 0.717) is 47.2 Å². The lowest BCUT2D eigenvalue weighted by Gasteiger charge is -2.28. The van der Waals surface area contributed by atoms with Crippen LogP contribution in [0.25, 0.3) is 22.2 Å². The topological polar surface area (TPSA) is 138 Å². The first-order valence-electron chi connectivity index (χ1n) is 15.4. The summed E-state index contributed by atoms with van der Waals surface area (Å²) in [7, 11) is 5.07. The summed E-state index contributed by atoms with van der Waals surface area (Å²) in [6, 6.07) is 12.0. The summed E-state index contributed by atoms with van der Waals surface area (Å²) in [6.45, 7) is 10.7. The van der Waals surface area contributed by atoms with Crippen LogP contribution in [0.2, 0.25) is 0 Å². The van der Waals surface area contributed by atoms with Gasteiger partial charge in [-0.15, -0.1) is 0 Å². The van der Waals surface area contributed by atoms with Crippen LogP contribution in [-0.2, 0) is 22.5 Å². The standard InChI is InChI=1S/C35H40N8O4/c1-8-30(44)38-26-17-27(29(46-7)18-28(26)41(5)15-16-42(6)34(45)47-35(2,3)4)39-33-37-20-23(19-36)31(40-33)25-21-43-14-10-12-22-11-9-13-24(25)32(22)43/h8-9,11,13,17-18,20-21H,1,10,12,14-16H2,2-7H3,(H,38,44)(H,37,39,40). The van der Waals surface area contributed by atoms with E-state index in [1.165, 1.54) is 28.3 Å². The number of rotatable bonds is 10. The van der Waals surface area contributed by atoms with E-state index in [1.807, 2.05) is 38.8 Å². The van der Waals surface area contributed by atoms with Crippen LogP contribution < -0.4 is 20.3 Å². The van der Waals surface area contributed by atoms with E-state index in [4.69, 9.17) is 14.5 Å². The molecule has 0 spiro atoms. The number of benzene rings is 2. The lowest BCUT2D eigenvalue weighted by atomic mass is 10.0. The minimum Gasteiger partial charge on any atom is -0.494 e. The lowest BCUT2D eigenvalue weighted by molar-refractivity contribution is -0.111. The number of aromatic nitrogens is 3. The van der Waals surface area contributed by atoms with Gasteiger partial charge in [-0.2, -0.15) is 5.26 Å². The Kier molecular flexibility index (Phi) is 9.37. The summed E-state index contributed by atoms with van der Waals surface area (Å²) < 4.78 is 13.5. The molecule has 47 heavy (non-hydrogen) atoms. The number of hydrogen-bond acceptors (Lipinski definition) is 9. The summed E-state index contributed by atoms with van der Waals surface area (Å²) >= 11 is 0. The van der Waals surface area contributed by atoms with Gasteiger partial charge in [-0.25, -0.2) is 14.8 Å². The van der Waals surface area contributed by atoms with Crippen LogP contribution in [0, 0.1) is 11.3 Å². The van der Waals surface area contributed by atoms with Crippen LogP contribution >= 0.6 is 0 Å². The van der Waals surface area contributed by atoms with Gasteiger partial charge in [0, 0.05) is 56.9 Å². The number of amides is 2. The van der Waals surface area contributed by atoms with Crippen LogP contribution in [0.1, 0.15) is 38.3 Å². The SMILES string of the molecule is C=CC(=O)Nc1cc(Nc2ncc(C#N)c(-c3cn4c5c(cccc35)CCC4)n2)c(OC)cc1N(C)CCN(C)C(=O)OC(C)(C)C. The number of para-hydroxylation sites is 1. The highest BCUT2D eigenvalue weighted by Gasteiger charge is 2.23. The minimum absolute atomic E-state index is 0.255. The molecule has 0 aliphatic carbocycles. The maximum Gasteiger partial charge on any atom is 0.410 e. The predicted molar refractivity (Wildman–Crippen MR) is 183 cm³/mol. The third-order valence-corrected chi connectivity index (χ3v) is 7.89. The van der Waals surface area contributed by atoms with E-state index in [9.17, 15) is 14.9 Å². The lowest BCUT2D eigenvalue weighted by Crippen LogP contribution is -2.38. The molecule has 2 aromatic heterocycles. The molecule has 0 saturated carbocycles. The number of carbonyl (C=O) groups is 2. The molecule has 0 fully saturated rings. The van der Waals surface area contributed by atoms with Gasteiger partial charge >= 0.3 is 6.09 Å². The molecule has 3 heterocycles. The van der Waals surface area contributed by atoms with Crippen LogP contribution in [0.5, 0.6) is 5.75 Å². The normalized spacial score (nSPS) is 12.2. The Morgan fingerprint density at radius 3 is 2.68 bits per heavy atom. The first kappa shape index (κ1) is 32.8. The Hall–Kier alpha value is -5.57. The highest BCUT2D eigenvalue weighted by molar-refractivity contribution is 6.02. The zero-order chi connectivity index (χ0) is 33.9. The first-order chi connectivity index (χ1) is 22.4. The van der Waals surface area contributed by atoms with Crippen molar-refractivity contribution in [1.82, 2.24) is 19.4 Å². The fourth-order valence-electron chi connectivity index (χ4n) is 5.58. The largest absolute Gasteiger partial charge is 0.494 e. The van der Waals surface area contributed by atoms with Crippen molar-refractivity contribution in [3.05, 3.63) is 66.5 Å². The van der Waals surface area contributed by atoms with Gasteiger partial charge in [-0.1, -0.05) is 24.8 Å². The highest BCUT2D eigenvalue weighted by atomic mass is 16.6. The fourth-order valence-corrected chi connectivity index (χ4v) is 5.58. The molecule has 0 bridgehead atoms. The maximum absolute atomic E-state index is 12.5. The van der Waals surface area contributed by atoms with Crippen molar-refractivity contribution in [2.45, 2.75) is 45.8 Å². The number of nitrogens with zero attached hydrogens (tertiary/aromatic N) is 6. The zero-order valence-electron chi connectivity index (χ0n) is 27.7. The third kappa shape index (κ3) is 7.14. The Labute approximate surface area is 274 Å². The third-order valence-electron chi connectivity index (χ3n) is 7.89. The zero-order valence-corrected chi connectivity index (χ0v) is 27.7. The second-order valence-electron chi connectivity index (χ2n) is 12.4. The number of nitrogens with one attached hydrogen (secondary N) is 2. The van der Waals surface area contributed by atoms with Gasteiger partial charge in [0.25, 0.3) is 0 Å². The van der Waals surface area contributed by atoms with Crippen molar-refractivity contribution in [3.8, 4) is 23.1 Å². The van der Waals surface area contributed by atoms with Gasteiger partial charge in [-0.3, -0.25) is 4.79 Å². The molecule has 1 aliphatic heterocycles. The van der Waals surface area contributed by atoms with E-state index in [2.05, 4.69) is 51.2 Å². The van der Waals surface area contributed by atoms with Crippen molar-refractivity contribution in [1.29, 1.82) is 5.26 Å². The number of methoxy groups -OCH3 is 1. The number of hydrogen-bond donors (Lipinski definition) is 2. The number of nitriles is 1. The number of aryl methyl sites for hydroxylation is 2. The van der Waals surface area contributed by atoms with Crippen molar-refractivity contribution in [2.75, 3.05) is 49.8 Å². The average Bonchev–Trinajstić information content (AvgIpc) is 3.42. The summed E-state index contributed by atoms with van der Waals surface area (Å²) in [5.74, 6) is 0.322. The molecule has 12 nitrogen and oxygen atoms in total. The molecule has 244 valence electrons. The number of anilines is 4. The van der Waals surface area contributed by atoms with Crippen molar-refractivity contribution in [3.63, 3.8) is 0 Å². The molecule has 0 unspecified atom stereocenters. The number of ether oxygens (including phenoxy) is 2. The molecule has 4 aromatic rings. The van der Waals surface area contributed by atoms with Gasteiger partial charge in [0.15, 0.2) is 0 Å². The van der Waals surface area contributed by atoms with Crippen molar-refractivity contribution < 1.29 is 19.1 Å². The second-order valence-corrected chi connectivity index (χ2v) is 12.4. The van der Waals surface area contributed by atoms with Gasteiger partial charge in [0.1, 0.15) is 17.4 Å². The minimum atomic E-state index is -0.606. The Morgan fingerprint density at radius 1 is 1.19 bits per heavy atom. The van der Waals surface area contributed by atoms with E-state index < -0.39 is 17.6 Å². The molecule has 2 N–H and O–H groups in total. The molecular weight excluding hydrogens is 596 g/mol. The van der Waals surface area contributed by atoms with Gasteiger partial charge in [-0.05, 0) is 51.3 Å². The van der Waals surface area contributed by atoms with Crippen LogP contribution in [0.15, 0.2) is 55.4 Å². The molecule has 0 radical (unpaired) electrons. The quantitative estimate of drug-likeness (QED) is 0.198. The monoisotopic (exact) mass is 636 g/mol. The predicted octanol–water partition coefficient (Wildman–Crippen LogP) is 6.10. The number of likely N-dealkylation sites (N-methyl/N-ethyl adjacent to an activating group) is 2. The van der Waals surface area contributed by atoms with Crippen molar-refractivity contribution >= 4 is 45.9 Å². The Bertz CT molecular complexity index is 1890. The molecule has 0 saturated heterocycles. The van der Waals surface area contributed by atoms with Crippen LogP contribution in [-0.4, -0.2) is 71.3 Å². The maximum atomic E-state index is 12.5. The molecule has 2 aromatic carbocycles. The number of carbonyl (C=O) groups excluding carboxylic acids is 2. The van der Waals surface area contributed by atoms with E-state index in [-0.39, 0.29) is 5.95 Å². The van der Waals surface area contributed by atoms with Gasteiger partial charge in [0.05, 0.1) is 47.1 Å². The molecule has 0 atom stereocenters. The molecule has 5 rings (SSSR count).